The van der Waals surface area contributed by atoms with E-state index in [2.05, 4.69) is 6.58 Å². The maximum atomic E-state index is 13.0. The lowest BCUT2D eigenvalue weighted by atomic mass is 10.1. The second kappa shape index (κ2) is 3.28. The first kappa shape index (κ1) is 9.27. The van der Waals surface area contributed by atoms with Gasteiger partial charge in [-0.05, 0) is 31.0 Å². The van der Waals surface area contributed by atoms with Gasteiger partial charge in [0.05, 0.1) is 5.02 Å². The molecule has 0 N–H and O–H groups in total. The summed E-state index contributed by atoms with van der Waals surface area (Å²) in [6.07, 6.45) is 0. The van der Waals surface area contributed by atoms with E-state index < -0.39 is 0 Å². The Hall–Kier alpha value is -0.820. The van der Waals surface area contributed by atoms with E-state index in [1.807, 2.05) is 13.0 Å². The molecule has 2 heteroatoms. The maximum absolute atomic E-state index is 13.0. The van der Waals surface area contributed by atoms with Crippen LogP contribution in [0.4, 0.5) is 4.39 Å². The molecule has 1 aromatic rings. The number of rotatable bonds is 1. The zero-order valence-electron chi connectivity index (χ0n) is 7.12. The Morgan fingerprint density at radius 1 is 1.50 bits per heavy atom. The third-order valence-corrected chi connectivity index (χ3v) is 2.18. The summed E-state index contributed by atoms with van der Waals surface area (Å²) in [6, 6.07) is 3.23. The molecule has 12 heavy (non-hydrogen) atoms. The smallest absolute Gasteiger partial charge is 0.142 e. The van der Waals surface area contributed by atoms with Gasteiger partial charge >= 0.3 is 0 Å². The van der Waals surface area contributed by atoms with Gasteiger partial charge in [0.2, 0.25) is 0 Å². The fourth-order valence-corrected chi connectivity index (χ4v) is 1.08. The molecule has 0 radical (unpaired) electrons. The van der Waals surface area contributed by atoms with Crippen molar-refractivity contribution in [2.45, 2.75) is 13.8 Å². The van der Waals surface area contributed by atoms with Crippen molar-refractivity contribution in [1.82, 2.24) is 0 Å². The molecule has 0 atom stereocenters. The fourth-order valence-electron chi connectivity index (χ4n) is 0.973. The summed E-state index contributed by atoms with van der Waals surface area (Å²) < 4.78 is 13.0. The van der Waals surface area contributed by atoms with Crippen molar-refractivity contribution >= 4 is 17.2 Å². The third kappa shape index (κ3) is 1.67. The van der Waals surface area contributed by atoms with Gasteiger partial charge in [0.1, 0.15) is 5.82 Å². The highest BCUT2D eigenvalue weighted by Crippen LogP contribution is 2.23. The molecule has 1 aromatic carbocycles. The minimum atomic E-state index is -0.380. The second-order valence-corrected chi connectivity index (χ2v) is 3.25. The molecule has 0 unspecified atom stereocenters. The first-order valence-corrected chi connectivity index (χ1v) is 4.01. The van der Waals surface area contributed by atoms with Crippen LogP contribution in [0.15, 0.2) is 18.7 Å². The van der Waals surface area contributed by atoms with Crippen molar-refractivity contribution in [3.8, 4) is 0 Å². The first-order chi connectivity index (χ1) is 5.52. The SMILES string of the molecule is C=C(C)c1cc(C)c(Cl)c(F)c1. The van der Waals surface area contributed by atoms with Crippen molar-refractivity contribution in [2.75, 3.05) is 0 Å². The third-order valence-electron chi connectivity index (χ3n) is 1.70. The van der Waals surface area contributed by atoms with Crippen LogP contribution in [0.3, 0.4) is 0 Å². The lowest BCUT2D eigenvalue weighted by molar-refractivity contribution is 0.626. The predicted octanol–water partition coefficient (Wildman–Crippen LogP) is 3.82. The summed E-state index contributed by atoms with van der Waals surface area (Å²) in [5, 5.41) is 0.194. The van der Waals surface area contributed by atoms with Crippen LogP contribution in [-0.2, 0) is 0 Å². The molecule has 0 saturated heterocycles. The first-order valence-electron chi connectivity index (χ1n) is 3.64. The molecule has 0 aromatic heterocycles. The van der Waals surface area contributed by atoms with Crippen LogP contribution in [0.25, 0.3) is 5.57 Å². The number of aryl methyl sites for hydroxylation is 1. The molecule has 64 valence electrons. The zero-order chi connectivity index (χ0) is 9.30. The van der Waals surface area contributed by atoms with Crippen LogP contribution in [0.2, 0.25) is 5.02 Å². The molecule has 0 nitrogen and oxygen atoms in total. The normalized spacial score (nSPS) is 10.0. The molecule has 0 fully saturated rings. The van der Waals surface area contributed by atoms with E-state index in [0.29, 0.717) is 0 Å². The van der Waals surface area contributed by atoms with Crippen LogP contribution in [-0.4, -0.2) is 0 Å². The van der Waals surface area contributed by atoms with Gasteiger partial charge in [-0.15, -0.1) is 0 Å². The highest BCUT2D eigenvalue weighted by molar-refractivity contribution is 6.31. The van der Waals surface area contributed by atoms with Gasteiger partial charge in [-0.25, -0.2) is 4.39 Å². The molecular formula is C10H10ClF. The Morgan fingerprint density at radius 2 is 2.08 bits per heavy atom. The van der Waals surface area contributed by atoms with Crippen LogP contribution in [0.1, 0.15) is 18.1 Å². The van der Waals surface area contributed by atoms with Crippen molar-refractivity contribution in [3.05, 3.63) is 40.7 Å². The molecule has 0 bridgehead atoms. The number of hydrogen-bond acceptors (Lipinski definition) is 0. The maximum Gasteiger partial charge on any atom is 0.142 e. The molecule has 0 amide bonds. The van der Waals surface area contributed by atoms with Crippen molar-refractivity contribution < 1.29 is 4.39 Å². The van der Waals surface area contributed by atoms with Gasteiger partial charge < -0.3 is 0 Å². The minimum absolute atomic E-state index is 0.194. The largest absolute Gasteiger partial charge is 0.205 e. The van der Waals surface area contributed by atoms with Gasteiger partial charge in [0.25, 0.3) is 0 Å². The Balaban J connectivity index is 3.31. The van der Waals surface area contributed by atoms with Crippen LogP contribution in [0, 0.1) is 12.7 Å². The standard InChI is InChI=1S/C10H10ClF/c1-6(2)8-4-7(3)10(11)9(12)5-8/h4-5H,1H2,2-3H3. The monoisotopic (exact) mass is 184 g/mol. The fraction of sp³-hybridized carbons (Fsp3) is 0.200. The molecular weight excluding hydrogens is 175 g/mol. The highest BCUT2D eigenvalue weighted by atomic mass is 35.5. The van der Waals surface area contributed by atoms with Gasteiger partial charge in [-0.1, -0.05) is 29.8 Å². The molecule has 0 spiro atoms. The van der Waals surface area contributed by atoms with E-state index in [9.17, 15) is 4.39 Å². The van der Waals surface area contributed by atoms with Crippen molar-refractivity contribution in [2.24, 2.45) is 0 Å². The molecule has 0 saturated carbocycles. The second-order valence-electron chi connectivity index (χ2n) is 2.87. The van der Waals surface area contributed by atoms with Gasteiger partial charge in [-0.2, -0.15) is 0 Å². The lowest BCUT2D eigenvalue weighted by Gasteiger charge is -2.04. The molecule has 0 aliphatic carbocycles. The molecule has 0 heterocycles. The lowest BCUT2D eigenvalue weighted by Crippen LogP contribution is -1.86. The summed E-state index contributed by atoms with van der Waals surface area (Å²) in [5.74, 6) is -0.380. The van der Waals surface area contributed by atoms with E-state index >= 15 is 0 Å². The van der Waals surface area contributed by atoms with E-state index in [0.717, 1.165) is 16.7 Å². The summed E-state index contributed by atoms with van der Waals surface area (Å²) in [5.41, 5.74) is 2.39. The van der Waals surface area contributed by atoms with Crippen molar-refractivity contribution in [3.63, 3.8) is 0 Å². The van der Waals surface area contributed by atoms with E-state index in [1.54, 1.807) is 6.92 Å². The van der Waals surface area contributed by atoms with Crippen molar-refractivity contribution in [1.29, 1.82) is 0 Å². The van der Waals surface area contributed by atoms with Crippen LogP contribution < -0.4 is 0 Å². The Morgan fingerprint density at radius 3 is 2.50 bits per heavy atom. The molecule has 1 rings (SSSR count). The minimum Gasteiger partial charge on any atom is -0.205 e. The highest BCUT2D eigenvalue weighted by Gasteiger charge is 2.05. The van der Waals surface area contributed by atoms with Crippen LogP contribution in [0.5, 0.6) is 0 Å². The van der Waals surface area contributed by atoms with Gasteiger partial charge in [0, 0.05) is 0 Å². The van der Waals surface area contributed by atoms with Gasteiger partial charge in [-0.3, -0.25) is 0 Å². The van der Waals surface area contributed by atoms with Crippen LogP contribution >= 0.6 is 11.6 Å². The predicted molar refractivity (Wildman–Crippen MR) is 50.9 cm³/mol. The van der Waals surface area contributed by atoms with E-state index in [4.69, 9.17) is 11.6 Å². The summed E-state index contributed by atoms with van der Waals surface area (Å²) >= 11 is 5.65. The average molecular weight is 185 g/mol. The summed E-state index contributed by atoms with van der Waals surface area (Å²) in [6.45, 7) is 7.34. The summed E-state index contributed by atoms with van der Waals surface area (Å²) in [4.78, 5) is 0. The number of allylic oxidation sites excluding steroid dienone is 1. The topological polar surface area (TPSA) is 0 Å². The Labute approximate surface area is 76.7 Å². The Kier molecular flexibility index (Phi) is 2.53. The van der Waals surface area contributed by atoms with Gasteiger partial charge in [0.15, 0.2) is 0 Å². The molecule has 0 aliphatic heterocycles. The molecule has 0 aliphatic rings. The Bertz CT molecular complexity index is 306. The number of benzene rings is 1. The van der Waals surface area contributed by atoms with E-state index in [1.165, 1.54) is 6.07 Å². The number of halogens is 2. The average Bonchev–Trinajstić information content (AvgIpc) is 1.99. The number of hydrogen-bond donors (Lipinski definition) is 0. The van der Waals surface area contributed by atoms with E-state index in [-0.39, 0.29) is 10.8 Å². The quantitative estimate of drug-likeness (QED) is 0.623. The summed E-state index contributed by atoms with van der Waals surface area (Å²) in [7, 11) is 0. The zero-order valence-corrected chi connectivity index (χ0v) is 7.87.